The van der Waals surface area contributed by atoms with Gasteiger partial charge in [0.05, 0.1) is 0 Å². The molecule has 12 heavy (non-hydrogen) atoms. The van der Waals surface area contributed by atoms with Gasteiger partial charge in [0, 0.05) is 14.2 Å². The summed E-state index contributed by atoms with van der Waals surface area (Å²) >= 11 is 0. The Morgan fingerprint density at radius 3 is 2.08 bits per heavy atom. The van der Waals surface area contributed by atoms with E-state index in [-0.39, 0.29) is 0 Å². The van der Waals surface area contributed by atoms with Gasteiger partial charge in [0.2, 0.25) is 0 Å². The van der Waals surface area contributed by atoms with Crippen LogP contribution in [0.1, 0.15) is 0 Å². The Balaban J connectivity index is 3.65. The van der Waals surface area contributed by atoms with E-state index >= 15 is 0 Å². The van der Waals surface area contributed by atoms with Gasteiger partial charge in [0.15, 0.2) is 6.67 Å². The second-order valence-corrected chi connectivity index (χ2v) is 2.06. The largest absolute Gasteiger partial charge is 0.639 e. The maximum absolute atomic E-state index is 12.2. The van der Waals surface area contributed by atoms with Crippen molar-refractivity contribution < 1.29 is 27.1 Å². The van der Waals surface area contributed by atoms with Crippen molar-refractivity contribution in [1.82, 2.24) is 0 Å². The minimum Gasteiger partial charge on any atom is -0.389 e. The molecule has 7 heteroatoms. The first-order chi connectivity index (χ1) is 5.55. The zero-order valence-electron chi connectivity index (χ0n) is 6.85. The van der Waals surface area contributed by atoms with Crippen molar-refractivity contribution in [1.29, 1.82) is 0 Å². The van der Waals surface area contributed by atoms with Gasteiger partial charge in [-0.15, -0.1) is 0 Å². The highest BCUT2D eigenvalue weighted by molar-refractivity contribution is 6.36. The van der Waals surface area contributed by atoms with Crippen molar-refractivity contribution in [2.75, 3.05) is 27.5 Å². The number of rotatable bonds is 6. The monoisotopic (exact) mass is 186 g/mol. The van der Waals surface area contributed by atoms with Crippen LogP contribution in [0.2, 0.25) is 0 Å². The average Bonchev–Trinajstić information content (AvgIpc) is 2.06. The predicted octanol–water partition coefficient (Wildman–Crippen LogP) is 0.885. The van der Waals surface area contributed by atoms with Crippen LogP contribution < -0.4 is 0 Å². The van der Waals surface area contributed by atoms with E-state index in [1.54, 1.807) is 0 Å². The van der Waals surface area contributed by atoms with E-state index in [1.165, 1.54) is 14.2 Å². The molecule has 72 valence electrons. The molecule has 0 radical (unpaired) electrons. The summed E-state index contributed by atoms with van der Waals surface area (Å²) < 4.78 is 49.1. The van der Waals surface area contributed by atoms with Gasteiger partial charge >= 0.3 is 7.32 Å². The summed E-state index contributed by atoms with van der Waals surface area (Å²) in [5.41, 5.74) is 0. The van der Waals surface area contributed by atoms with Crippen LogP contribution in [0.4, 0.5) is 13.2 Å². The maximum atomic E-state index is 12.2. The Labute approximate surface area is 69.0 Å². The van der Waals surface area contributed by atoms with Crippen LogP contribution in [0.15, 0.2) is 0 Å². The summed E-state index contributed by atoms with van der Waals surface area (Å²) in [6, 6.07) is 0. The molecule has 0 fully saturated rings. The number of hydrogen-bond donors (Lipinski definition) is 0. The van der Waals surface area contributed by atoms with Crippen molar-refractivity contribution >= 4 is 7.32 Å². The van der Waals surface area contributed by atoms with Crippen LogP contribution in [0.5, 0.6) is 0 Å². The average molecular weight is 186 g/mol. The lowest BCUT2D eigenvalue weighted by Gasteiger charge is -2.14. The first kappa shape index (κ1) is 11.7. The summed E-state index contributed by atoms with van der Waals surface area (Å²) in [6.07, 6.45) is 0. The Morgan fingerprint density at radius 2 is 1.75 bits per heavy atom. The molecule has 0 saturated carbocycles. The number of alkyl halides is 3. The van der Waals surface area contributed by atoms with Crippen molar-refractivity contribution in [3.63, 3.8) is 0 Å². The van der Waals surface area contributed by atoms with Crippen LogP contribution in [0.25, 0.3) is 0 Å². The smallest absolute Gasteiger partial charge is 0.389 e. The van der Waals surface area contributed by atoms with Crippen LogP contribution in [0, 0.1) is 0 Å². The van der Waals surface area contributed by atoms with Crippen LogP contribution in [0.3, 0.4) is 0 Å². The molecule has 0 unspecified atom stereocenters. The third kappa shape index (κ3) is 4.58. The molecule has 0 heterocycles. The zero-order chi connectivity index (χ0) is 9.61. The van der Waals surface area contributed by atoms with Crippen molar-refractivity contribution in [2.45, 2.75) is 5.92 Å². The van der Waals surface area contributed by atoms with Crippen molar-refractivity contribution in [3.8, 4) is 0 Å². The van der Waals surface area contributed by atoms with Gasteiger partial charge in [-0.25, -0.2) is 13.2 Å². The zero-order valence-corrected chi connectivity index (χ0v) is 6.85. The topological polar surface area (TPSA) is 27.7 Å². The molecule has 0 aromatic heterocycles. The van der Waals surface area contributed by atoms with E-state index in [1.807, 2.05) is 0 Å². The lowest BCUT2D eigenvalue weighted by Crippen LogP contribution is -2.33. The molecule has 0 amide bonds. The summed E-state index contributed by atoms with van der Waals surface area (Å²) in [7, 11) is 1.27. The van der Waals surface area contributed by atoms with Gasteiger partial charge in [0.25, 0.3) is 5.92 Å². The van der Waals surface area contributed by atoms with E-state index < -0.39 is 26.5 Å². The molecule has 0 rings (SSSR count). The van der Waals surface area contributed by atoms with E-state index in [9.17, 15) is 13.2 Å². The lowest BCUT2D eigenvalue weighted by atomic mass is 10.2. The molecule has 0 aromatic rings. The van der Waals surface area contributed by atoms with Gasteiger partial charge in [-0.2, -0.15) is 0 Å². The minimum atomic E-state index is -3.48. The number of hydrogen-bond acceptors (Lipinski definition) is 3. The summed E-state index contributed by atoms with van der Waals surface area (Å²) in [5.74, 6) is -3.48. The molecule has 0 aliphatic heterocycles. The number of halogens is 3. The fourth-order valence-electron chi connectivity index (χ4n) is 0.461. The van der Waals surface area contributed by atoms with Gasteiger partial charge in [-0.1, -0.05) is 0 Å². The highest BCUT2D eigenvalue weighted by atomic mass is 19.3. The molecule has 0 atom stereocenters. The maximum Gasteiger partial charge on any atom is 0.639 e. The first-order valence-corrected chi connectivity index (χ1v) is 3.16. The van der Waals surface area contributed by atoms with E-state index in [0.29, 0.717) is 0 Å². The van der Waals surface area contributed by atoms with Gasteiger partial charge < -0.3 is 14.0 Å². The molecule has 3 nitrogen and oxygen atoms in total. The highest BCUT2D eigenvalue weighted by Gasteiger charge is 2.32. The van der Waals surface area contributed by atoms with E-state index in [2.05, 4.69) is 14.0 Å². The lowest BCUT2D eigenvalue weighted by molar-refractivity contribution is -0.0712. The second kappa shape index (κ2) is 5.39. The quantitative estimate of drug-likeness (QED) is 0.576. The fraction of sp³-hybridized carbons (Fsp3) is 1.00. The molecule has 0 spiro atoms. The van der Waals surface area contributed by atoms with Crippen molar-refractivity contribution in [3.05, 3.63) is 0 Å². The molecule has 0 N–H and O–H groups in total. The van der Waals surface area contributed by atoms with Crippen molar-refractivity contribution in [2.24, 2.45) is 0 Å². The molecular weight excluding hydrogens is 176 g/mol. The Kier molecular flexibility index (Phi) is 5.27. The predicted molar refractivity (Wildman–Crippen MR) is 36.6 cm³/mol. The van der Waals surface area contributed by atoms with E-state index in [4.69, 9.17) is 0 Å². The van der Waals surface area contributed by atoms with Gasteiger partial charge in [0.1, 0.15) is 6.61 Å². The first-order valence-electron chi connectivity index (χ1n) is 3.16. The molecule has 0 saturated heterocycles. The third-order valence-corrected chi connectivity index (χ3v) is 1.01. The molecule has 0 bridgehead atoms. The third-order valence-electron chi connectivity index (χ3n) is 1.01. The standard InChI is InChI=1S/C5H10BF3O3/c1-10-6(11-2)12-4-5(8,9)3-7/h3-4H2,1-2H3. The van der Waals surface area contributed by atoms with Crippen LogP contribution >= 0.6 is 0 Å². The second-order valence-electron chi connectivity index (χ2n) is 2.06. The minimum absolute atomic E-state index is 1.06. The molecular formula is C5H10BF3O3. The SMILES string of the molecule is COB(OC)OCC(F)(F)CF. The fourth-order valence-corrected chi connectivity index (χ4v) is 0.461. The Morgan fingerprint density at radius 1 is 1.25 bits per heavy atom. The summed E-state index contributed by atoms with van der Waals surface area (Å²) in [5, 5.41) is 0. The summed E-state index contributed by atoms with van der Waals surface area (Å²) in [4.78, 5) is 0. The summed E-state index contributed by atoms with van der Waals surface area (Å²) in [6.45, 7) is -2.82. The van der Waals surface area contributed by atoms with Gasteiger partial charge in [-0.05, 0) is 0 Å². The van der Waals surface area contributed by atoms with E-state index in [0.717, 1.165) is 0 Å². The highest BCUT2D eigenvalue weighted by Crippen LogP contribution is 2.14. The van der Waals surface area contributed by atoms with Crippen LogP contribution in [-0.4, -0.2) is 40.7 Å². The Bertz CT molecular complexity index is 121. The van der Waals surface area contributed by atoms with Crippen LogP contribution in [-0.2, 0) is 14.0 Å². The molecule has 0 aromatic carbocycles. The molecule has 0 aliphatic rings. The van der Waals surface area contributed by atoms with Gasteiger partial charge in [-0.3, -0.25) is 0 Å². The normalized spacial score (nSPS) is 11.8. The Hall–Kier alpha value is -0.265. The molecule has 0 aliphatic carbocycles.